The Hall–Kier alpha value is 0.700. The molecule has 0 nitrogen and oxygen atoms in total. The molecule has 0 amide bonds. The van der Waals surface area contributed by atoms with Gasteiger partial charge in [0, 0.05) is 5.25 Å². The Labute approximate surface area is 93.1 Å². The van der Waals surface area contributed by atoms with Crippen LogP contribution in [0.1, 0.15) is 65.2 Å². The normalized spacial score (nSPS) is 11.1. The fourth-order valence-electron chi connectivity index (χ4n) is 1.49. The highest BCUT2D eigenvalue weighted by Gasteiger charge is 2.06. The van der Waals surface area contributed by atoms with Crippen LogP contribution in [0, 0.1) is 0 Å². The van der Waals surface area contributed by atoms with E-state index >= 15 is 0 Å². The summed E-state index contributed by atoms with van der Waals surface area (Å²) in [6.45, 7) is 4.53. The van der Waals surface area contributed by atoms with E-state index in [0.717, 1.165) is 5.25 Å². The fourth-order valence-corrected chi connectivity index (χ4v) is 2.67. The number of thiol groups is 1. The summed E-state index contributed by atoms with van der Waals surface area (Å²) in [7, 11) is 1.77. The highest BCUT2D eigenvalue weighted by atomic mass is 33.1. The zero-order chi connectivity index (χ0) is 9.94. The van der Waals surface area contributed by atoms with E-state index in [1.807, 2.05) is 0 Å². The first kappa shape index (κ1) is 13.7. The summed E-state index contributed by atoms with van der Waals surface area (Å²) in [4.78, 5) is 0. The molecule has 0 heterocycles. The van der Waals surface area contributed by atoms with Crippen molar-refractivity contribution in [3.05, 3.63) is 0 Å². The standard InChI is InChI=1S/C11H24S2/c1-3-5-7-9-11(13-12)10-8-6-4-2/h11-12H,3-10H2,1-2H3. The first-order valence-corrected chi connectivity index (χ1v) is 7.58. The van der Waals surface area contributed by atoms with Gasteiger partial charge in [-0.2, -0.15) is 0 Å². The summed E-state index contributed by atoms with van der Waals surface area (Å²) in [6.07, 6.45) is 11.0. The van der Waals surface area contributed by atoms with Crippen LogP contribution in [0.2, 0.25) is 0 Å². The van der Waals surface area contributed by atoms with Crippen molar-refractivity contribution in [3.63, 3.8) is 0 Å². The van der Waals surface area contributed by atoms with Gasteiger partial charge in [-0.05, 0) is 12.8 Å². The van der Waals surface area contributed by atoms with Gasteiger partial charge >= 0.3 is 0 Å². The van der Waals surface area contributed by atoms with Crippen LogP contribution in [-0.4, -0.2) is 5.25 Å². The Morgan fingerprint density at radius 1 is 0.923 bits per heavy atom. The molecule has 0 saturated heterocycles. The van der Waals surface area contributed by atoms with Crippen molar-refractivity contribution in [3.8, 4) is 0 Å². The quantitative estimate of drug-likeness (QED) is 0.321. The third-order valence-electron chi connectivity index (χ3n) is 2.41. The Bertz CT molecular complexity index is 84.1. The minimum Gasteiger partial charge on any atom is -0.111 e. The van der Waals surface area contributed by atoms with Crippen LogP contribution in [0.15, 0.2) is 0 Å². The van der Waals surface area contributed by atoms with Crippen LogP contribution in [-0.2, 0) is 0 Å². The van der Waals surface area contributed by atoms with Gasteiger partial charge in [0.25, 0.3) is 0 Å². The Kier molecular flexibility index (Phi) is 11.4. The lowest BCUT2D eigenvalue weighted by atomic mass is 10.1. The molecule has 80 valence electrons. The second-order valence-electron chi connectivity index (χ2n) is 3.72. The molecule has 0 N–H and O–H groups in total. The average molecular weight is 220 g/mol. The van der Waals surface area contributed by atoms with Gasteiger partial charge in [0.2, 0.25) is 0 Å². The second kappa shape index (κ2) is 10.8. The maximum atomic E-state index is 4.34. The van der Waals surface area contributed by atoms with Gasteiger partial charge in [0.05, 0.1) is 0 Å². The minimum absolute atomic E-state index is 0.807. The lowest BCUT2D eigenvalue weighted by molar-refractivity contribution is 0.585. The molecule has 0 aliphatic heterocycles. The SMILES string of the molecule is CCCCCC(CCCCC)SS. The molecular formula is C11H24S2. The largest absolute Gasteiger partial charge is 0.111 e. The summed E-state index contributed by atoms with van der Waals surface area (Å²) >= 11 is 4.34. The molecule has 0 aromatic rings. The average Bonchev–Trinajstić information content (AvgIpc) is 2.16. The molecule has 2 heteroatoms. The smallest absolute Gasteiger partial charge is 0.0149 e. The highest BCUT2D eigenvalue weighted by molar-refractivity contribution is 8.68. The Morgan fingerprint density at radius 2 is 1.38 bits per heavy atom. The molecule has 0 spiro atoms. The van der Waals surface area contributed by atoms with Crippen LogP contribution in [0.3, 0.4) is 0 Å². The van der Waals surface area contributed by atoms with Crippen molar-refractivity contribution in [2.45, 2.75) is 70.5 Å². The lowest BCUT2D eigenvalue weighted by Crippen LogP contribution is -2.00. The molecular weight excluding hydrogens is 196 g/mol. The molecule has 0 aromatic heterocycles. The fraction of sp³-hybridized carbons (Fsp3) is 1.00. The highest BCUT2D eigenvalue weighted by Crippen LogP contribution is 2.25. The predicted octanol–water partition coefficient (Wildman–Crippen LogP) is 5.09. The second-order valence-corrected chi connectivity index (χ2v) is 5.23. The number of unbranched alkanes of at least 4 members (excludes halogenated alkanes) is 4. The molecule has 0 fully saturated rings. The molecule has 0 atom stereocenters. The van der Waals surface area contributed by atoms with Crippen molar-refractivity contribution in [1.29, 1.82) is 0 Å². The summed E-state index contributed by atoms with van der Waals surface area (Å²) in [6, 6.07) is 0. The van der Waals surface area contributed by atoms with Crippen molar-refractivity contribution in [1.82, 2.24) is 0 Å². The molecule has 0 aliphatic rings. The van der Waals surface area contributed by atoms with E-state index in [-0.39, 0.29) is 0 Å². The maximum absolute atomic E-state index is 4.34. The molecule has 0 radical (unpaired) electrons. The summed E-state index contributed by atoms with van der Waals surface area (Å²) in [5.74, 6) is 0. The molecule has 0 saturated carbocycles. The zero-order valence-electron chi connectivity index (χ0n) is 9.09. The van der Waals surface area contributed by atoms with E-state index in [2.05, 4.69) is 25.5 Å². The maximum Gasteiger partial charge on any atom is 0.0149 e. The van der Waals surface area contributed by atoms with Crippen LogP contribution in [0.25, 0.3) is 0 Å². The van der Waals surface area contributed by atoms with Crippen molar-refractivity contribution in [2.75, 3.05) is 0 Å². The Morgan fingerprint density at radius 3 is 1.69 bits per heavy atom. The molecule has 13 heavy (non-hydrogen) atoms. The zero-order valence-corrected chi connectivity index (χ0v) is 10.8. The Balaban J connectivity index is 3.28. The molecule has 0 aliphatic carbocycles. The topological polar surface area (TPSA) is 0 Å². The number of hydrogen-bond acceptors (Lipinski definition) is 2. The van der Waals surface area contributed by atoms with Crippen molar-refractivity contribution < 1.29 is 0 Å². The van der Waals surface area contributed by atoms with Crippen LogP contribution >= 0.6 is 22.5 Å². The number of rotatable bonds is 9. The summed E-state index contributed by atoms with van der Waals surface area (Å²) in [5, 5.41) is 0.807. The van der Waals surface area contributed by atoms with Crippen LogP contribution in [0.4, 0.5) is 0 Å². The molecule has 0 unspecified atom stereocenters. The van der Waals surface area contributed by atoms with E-state index in [9.17, 15) is 0 Å². The van der Waals surface area contributed by atoms with Gasteiger partial charge < -0.3 is 0 Å². The van der Waals surface area contributed by atoms with Gasteiger partial charge in [0.1, 0.15) is 0 Å². The van der Waals surface area contributed by atoms with Gasteiger partial charge in [-0.3, -0.25) is 0 Å². The van der Waals surface area contributed by atoms with Crippen molar-refractivity contribution in [2.24, 2.45) is 0 Å². The first-order chi connectivity index (χ1) is 6.35. The van der Waals surface area contributed by atoms with Crippen LogP contribution in [0.5, 0.6) is 0 Å². The molecule has 0 rings (SSSR count). The third-order valence-corrected chi connectivity index (χ3v) is 4.07. The lowest BCUT2D eigenvalue weighted by Gasteiger charge is -2.12. The van der Waals surface area contributed by atoms with Gasteiger partial charge in [-0.25, -0.2) is 0 Å². The monoisotopic (exact) mass is 220 g/mol. The van der Waals surface area contributed by atoms with Gasteiger partial charge in [-0.15, -0.1) is 11.7 Å². The van der Waals surface area contributed by atoms with E-state index in [4.69, 9.17) is 0 Å². The van der Waals surface area contributed by atoms with E-state index < -0.39 is 0 Å². The van der Waals surface area contributed by atoms with E-state index in [1.165, 1.54) is 51.4 Å². The van der Waals surface area contributed by atoms with E-state index in [1.54, 1.807) is 10.8 Å². The van der Waals surface area contributed by atoms with Crippen molar-refractivity contribution >= 4 is 22.5 Å². The van der Waals surface area contributed by atoms with Crippen LogP contribution < -0.4 is 0 Å². The predicted molar refractivity (Wildman–Crippen MR) is 68.6 cm³/mol. The first-order valence-electron chi connectivity index (χ1n) is 5.65. The van der Waals surface area contributed by atoms with E-state index in [0.29, 0.717) is 0 Å². The minimum atomic E-state index is 0.807. The molecule has 0 bridgehead atoms. The summed E-state index contributed by atoms with van der Waals surface area (Å²) < 4.78 is 0. The van der Waals surface area contributed by atoms with Gasteiger partial charge in [0.15, 0.2) is 0 Å². The third kappa shape index (κ3) is 9.01. The summed E-state index contributed by atoms with van der Waals surface area (Å²) in [5.41, 5.74) is 0. The molecule has 0 aromatic carbocycles. The number of hydrogen-bond donors (Lipinski definition) is 1. The van der Waals surface area contributed by atoms with Gasteiger partial charge in [-0.1, -0.05) is 63.2 Å².